The average Bonchev–Trinajstić information content (AvgIpc) is 3.04. The summed E-state index contributed by atoms with van der Waals surface area (Å²) in [4.78, 5) is 16.3. The zero-order valence-corrected chi connectivity index (χ0v) is 13.5. The van der Waals surface area contributed by atoms with E-state index in [0.29, 0.717) is 37.8 Å². The van der Waals surface area contributed by atoms with E-state index in [9.17, 15) is 4.79 Å². The Morgan fingerprint density at radius 3 is 2.91 bits per heavy atom. The van der Waals surface area contributed by atoms with Crippen LogP contribution < -0.4 is 10.6 Å². The Kier molecular flexibility index (Phi) is 6.58. The molecule has 2 heterocycles. The molecule has 1 aliphatic heterocycles. The van der Waals surface area contributed by atoms with Gasteiger partial charge in [-0.1, -0.05) is 18.2 Å². The molecule has 1 amide bonds. The zero-order valence-electron chi connectivity index (χ0n) is 12.7. The summed E-state index contributed by atoms with van der Waals surface area (Å²) in [6, 6.07) is 9.76. The van der Waals surface area contributed by atoms with E-state index >= 15 is 0 Å². The van der Waals surface area contributed by atoms with Crippen LogP contribution in [0.15, 0.2) is 41.0 Å². The minimum absolute atomic E-state index is 0. The summed E-state index contributed by atoms with van der Waals surface area (Å²) in [6.45, 7) is 2.44. The zero-order chi connectivity index (χ0) is 15.2. The lowest BCUT2D eigenvalue weighted by Crippen LogP contribution is -2.44. The average molecular weight is 338 g/mol. The van der Waals surface area contributed by atoms with E-state index in [2.05, 4.69) is 15.6 Å². The lowest BCUT2D eigenvalue weighted by Gasteiger charge is -2.23. The number of nitrogens with zero attached hydrogens (tertiary/aromatic N) is 1. The van der Waals surface area contributed by atoms with Gasteiger partial charge in [-0.3, -0.25) is 4.79 Å². The first-order chi connectivity index (χ1) is 10.8. The van der Waals surface area contributed by atoms with Gasteiger partial charge in [0.25, 0.3) is 0 Å². The molecule has 1 unspecified atom stereocenters. The number of oxazole rings is 1. The fourth-order valence-electron chi connectivity index (χ4n) is 2.34. The quantitative estimate of drug-likeness (QED) is 0.869. The monoisotopic (exact) mass is 337 g/mol. The molecule has 23 heavy (non-hydrogen) atoms. The number of hydrogen-bond donors (Lipinski definition) is 2. The van der Waals surface area contributed by atoms with E-state index in [1.165, 1.54) is 0 Å². The first-order valence-corrected chi connectivity index (χ1v) is 7.39. The van der Waals surface area contributed by atoms with Crippen molar-refractivity contribution in [2.45, 2.75) is 19.0 Å². The first-order valence-electron chi connectivity index (χ1n) is 7.39. The van der Waals surface area contributed by atoms with Gasteiger partial charge in [0.15, 0.2) is 0 Å². The largest absolute Gasteiger partial charge is 0.444 e. The summed E-state index contributed by atoms with van der Waals surface area (Å²) in [5, 5.41) is 6.11. The van der Waals surface area contributed by atoms with Crippen molar-refractivity contribution in [3.8, 4) is 11.5 Å². The van der Waals surface area contributed by atoms with Gasteiger partial charge in [0.2, 0.25) is 11.8 Å². The topological polar surface area (TPSA) is 76.4 Å². The maximum atomic E-state index is 11.9. The van der Waals surface area contributed by atoms with Crippen LogP contribution in [-0.4, -0.2) is 36.7 Å². The van der Waals surface area contributed by atoms with Crippen molar-refractivity contribution in [3.63, 3.8) is 0 Å². The lowest BCUT2D eigenvalue weighted by molar-refractivity contribution is -0.122. The van der Waals surface area contributed by atoms with E-state index in [1.54, 1.807) is 6.26 Å². The van der Waals surface area contributed by atoms with Crippen LogP contribution in [0.25, 0.3) is 11.5 Å². The Labute approximate surface area is 141 Å². The summed E-state index contributed by atoms with van der Waals surface area (Å²) in [6.07, 6.45) is 1.98. The van der Waals surface area contributed by atoms with Crippen LogP contribution in [0.2, 0.25) is 0 Å². The molecule has 0 aliphatic carbocycles. The van der Waals surface area contributed by atoms with Crippen molar-refractivity contribution in [3.05, 3.63) is 42.3 Å². The van der Waals surface area contributed by atoms with Crippen LogP contribution in [-0.2, 0) is 16.1 Å². The van der Waals surface area contributed by atoms with Crippen LogP contribution in [0.4, 0.5) is 0 Å². The second kappa shape index (κ2) is 8.67. The number of aromatic nitrogens is 1. The highest BCUT2D eigenvalue weighted by molar-refractivity contribution is 5.85. The Balaban J connectivity index is 0.00000192. The highest BCUT2D eigenvalue weighted by Crippen LogP contribution is 2.17. The molecular weight excluding hydrogens is 318 g/mol. The lowest BCUT2D eigenvalue weighted by atomic mass is 10.2. The number of carbonyl (C=O) groups excluding carboxylic acids is 1. The van der Waals surface area contributed by atoms with E-state index < -0.39 is 0 Å². The SMILES string of the molecule is Cl.O=C(CC1COCCN1)NCc1coc(-c2ccccc2)n1. The second-order valence-corrected chi connectivity index (χ2v) is 5.22. The molecule has 1 fully saturated rings. The number of halogens is 1. The van der Waals surface area contributed by atoms with Gasteiger partial charge in [-0.05, 0) is 12.1 Å². The third-order valence-corrected chi connectivity index (χ3v) is 3.47. The van der Waals surface area contributed by atoms with Crippen molar-refractivity contribution >= 4 is 18.3 Å². The normalized spacial score (nSPS) is 17.3. The molecule has 7 heteroatoms. The molecule has 0 bridgehead atoms. The molecule has 3 rings (SSSR count). The van der Waals surface area contributed by atoms with Crippen molar-refractivity contribution < 1.29 is 13.9 Å². The molecule has 0 saturated carbocycles. The Hall–Kier alpha value is -1.89. The van der Waals surface area contributed by atoms with Crippen LogP contribution in [0.5, 0.6) is 0 Å². The summed E-state index contributed by atoms with van der Waals surface area (Å²) >= 11 is 0. The van der Waals surface area contributed by atoms with Crippen LogP contribution in [0, 0.1) is 0 Å². The van der Waals surface area contributed by atoms with Gasteiger partial charge in [0.05, 0.1) is 25.5 Å². The van der Waals surface area contributed by atoms with Gasteiger partial charge in [0.1, 0.15) is 6.26 Å². The van der Waals surface area contributed by atoms with Gasteiger partial charge in [0, 0.05) is 24.6 Å². The smallest absolute Gasteiger partial charge is 0.226 e. The third kappa shape index (κ3) is 5.06. The standard InChI is InChI=1S/C16H19N3O3.ClH/c20-15(8-13-10-21-7-6-17-13)18-9-14-11-22-16(19-14)12-4-2-1-3-5-12;/h1-5,11,13,17H,6-10H2,(H,18,20);1H. The molecule has 1 atom stereocenters. The number of benzene rings is 1. The number of morpholine rings is 1. The fourth-order valence-corrected chi connectivity index (χ4v) is 2.34. The fraction of sp³-hybridized carbons (Fsp3) is 0.375. The molecule has 1 aromatic heterocycles. The van der Waals surface area contributed by atoms with Crippen molar-refractivity contribution in [1.82, 2.24) is 15.6 Å². The van der Waals surface area contributed by atoms with Gasteiger partial charge < -0.3 is 19.8 Å². The minimum atomic E-state index is -0.0211. The van der Waals surface area contributed by atoms with E-state index in [1.807, 2.05) is 30.3 Å². The maximum Gasteiger partial charge on any atom is 0.226 e. The van der Waals surface area contributed by atoms with Crippen molar-refractivity contribution in [2.24, 2.45) is 0 Å². The Bertz CT molecular complexity index is 612. The highest BCUT2D eigenvalue weighted by atomic mass is 35.5. The predicted octanol–water partition coefficient (Wildman–Crippen LogP) is 1.76. The summed E-state index contributed by atoms with van der Waals surface area (Å²) in [5.74, 6) is 0.541. The molecule has 2 N–H and O–H groups in total. The molecule has 1 aliphatic rings. The van der Waals surface area contributed by atoms with Crippen LogP contribution >= 0.6 is 12.4 Å². The summed E-state index contributed by atoms with van der Waals surface area (Å²) < 4.78 is 10.8. The molecule has 0 radical (unpaired) electrons. The van der Waals surface area contributed by atoms with E-state index in [4.69, 9.17) is 9.15 Å². The van der Waals surface area contributed by atoms with E-state index in [0.717, 1.165) is 12.1 Å². The minimum Gasteiger partial charge on any atom is -0.444 e. The Morgan fingerprint density at radius 2 is 2.17 bits per heavy atom. The number of rotatable bonds is 5. The van der Waals surface area contributed by atoms with Gasteiger partial charge in [-0.25, -0.2) is 4.98 Å². The number of ether oxygens (including phenoxy) is 1. The molecule has 1 saturated heterocycles. The van der Waals surface area contributed by atoms with Gasteiger partial charge in [-0.15, -0.1) is 12.4 Å². The molecule has 0 spiro atoms. The number of amides is 1. The van der Waals surface area contributed by atoms with E-state index in [-0.39, 0.29) is 24.4 Å². The van der Waals surface area contributed by atoms with Crippen molar-refractivity contribution in [1.29, 1.82) is 0 Å². The summed E-state index contributed by atoms with van der Waals surface area (Å²) in [5.41, 5.74) is 1.63. The van der Waals surface area contributed by atoms with Gasteiger partial charge in [-0.2, -0.15) is 0 Å². The molecule has 124 valence electrons. The Morgan fingerprint density at radius 1 is 1.35 bits per heavy atom. The molecular formula is C16H20ClN3O3. The molecule has 2 aromatic rings. The molecule has 6 nitrogen and oxygen atoms in total. The second-order valence-electron chi connectivity index (χ2n) is 5.22. The van der Waals surface area contributed by atoms with Crippen molar-refractivity contribution in [2.75, 3.05) is 19.8 Å². The molecule has 1 aromatic carbocycles. The highest BCUT2D eigenvalue weighted by Gasteiger charge is 2.17. The van der Waals surface area contributed by atoms with Crippen LogP contribution in [0.3, 0.4) is 0 Å². The maximum absolute atomic E-state index is 11.9. The number of nitrogens with one attached hydrogen (secondary N) is 2. The van der Waals surface area contributed by atoms with Crippen LogP contribution in [0.1, 0.15) is 12.1 Å². The predicted molar refractivity (Wildman–Crippen MR) is 88.3 cm³/mol. The third-order valence-electron chi connectivity index (χ3n) is 3.47. The van der Waals surface area contributed by atoms with Gasteiger partial charge >= 0.3 is 0 Å². The summed E-state index contributed by atoms with van der Waals surface area (Å²) in [7, 11) is 0. The first kappa shape index (κ1) is 17.5. The number of carbonyl (C=O) groups is 1. The number of hydrogen-bond acceptors (Lipinski definition) is 5.